The van der Waals surface area contributed by atoms with Gasteiger partial charge in [-0.05, 0) is 30.7 Å². The molecule has 166 valence electrons. The molecule has 4 aromatic rings. The fraction of sp³-hybridized carbons (Fsp3) is 0.143. The summed E-state index contributed by atoms with van der Waals surface area (Å²) < 4.78 is 1.02. The zero-order valence-corrected chi connectivity index (χ0v) is 19.6. The van der Waals surface area contributed by atoms with Crippen LogP contribution in [0.5, 0.6) is 0 Å². The van der Waals surface area contributed by atoms with Gasteiger partial charge in [-0.3, -0.25) is 5.32 Å². The molecular weight excluding hydrogens is 480 g/mol. The summed E-state index contributed by atoms with van der Waals surface area (Å²) in [6.45, 7) is 2.31. The Balaban J connectivity index is 1.63. The van der Waals surface area contributed by atoms with Crippen LogP contribution in [0.15, 0.2) is 34.7 Å². The SMILES string of the molecule is CCNC(=O)Nc1nc2c(c(-c3nc4ccccc4s3)n1)C=C(c1nc(C(=O)O)cs1)CS2. The normalized spacial score (nSPS) is 12.8. The van der Waals surface area contributed by atoms with Gasteiger partial charge in [0.1, 0.15) is 20.7 Å². The maximum absolute atomic E-state index is 12.1. The van der Waals surface area contributed by atoms with Gasteiger partial charge in [-0.25, -0.2) is 29.5 Å². The number of nitrogens with one attached hydrogen (secondary N) is 2. The quantitative estimate of drug-likeness (QED) is 0.339. The second kappa shape index (κ2) is 8.89. The lowest BCUT2D eigenvalue weighted by molar-refractivity contribution is 0.0691. The minimum Gasteiger partial charge on any atom is -0.476 e. The second-order valence-electron chi connectivity index (χ2n) is 6.89. The van der Waals surface area contributed by atoms with Gasteiger partial charge in [-0.2, -0.15) is 0 Å². The van der Waals surface area contributed by atoms with E-state index >= 15 is 0 Å². The van der Waals surface area contributed by atoms with Gasteiger partial charge in [0.25, 0.3) is 0 Å². The molecule has 0 fully saturated rings. The van der Waals surface area contributed by atoms with Crippen LogP contribution >= 0.6 is 34.4 Å². The van der Waals surface area contributed by atoms with Gasteiger partial charge in [0.2, 0.25) is 5.95 Å². The largest absolute Gasteiger partial charge is 0.476 e. The molecule has 4 heterocycles. The third-order valence-electron chi connectivity index (χ3n) is 4.65. The smallest absolute Gasteiger partial charge is 0.355 e. The molecule has 3 N–H and O–H groups in total. The van der Waals surface area contributed by atoms with Gasteiger partial charge in [-0.1, -0.05) is 12.1 Å². The fourth-order valence-corrected chi connectivity index (χ4v) is 6.04. The van der Waals surface area contributed by atoms with Crippen molar-refractivity contribution in [2.24, 2.45) is 0 Å². The highest BCUT2D eigenvalue weighted by atomic mass is 32.2. The number of anilines is 1. The van der Waals surface area contributed by atoms with Gasteiger partial charge >= 0.3 is 12.0 Å². The van der Waals surface area contributed by atoms with Crippen molar-refractivity contribution >= 4 is 74.2 Å². The van der Waals surface area contributed by atoms with Gasteiger partial charge in [0, 0.05) is 23.2 Å². The molecule has 0 atom stereocenters. The van der Waals surface area contributed by atoms with Crippen LogP contribution in [0.1, 0.15) is 28.0 Å². The zero-order chi connectivity index (χ0) is 22.9. The van der Waals surface area contributed by atoms with Crippen LogP contribution in [0.2, 0.25) is 0 Å². The van der Waals surface area contributed by atoms with Gasteiger partial charge < -0.3 is 10.4 Å². The van der Waals surface area contributed by atoms with E-state index in [4.69, 9.17) is 4.98 Å². The fourth-order valence-electron chi connectivity index (χ4n) is 3.19. The summed E-state index contributed by atoms with van der Waals surface area (Å²) in [5.41, 5.74) is 3.15. The lowest BCUT2D eigenvalue weighted by Gasteiger charge is -2.17. The van der Waals surface area contributed by atoms with Crippen molar-refractivity contribution < 1.29 is 14.7 Å². The number of amides is 2. The molecule has 3 aromatic heterocycles. The van der Waals surface area contributed by atoms with Crippen molar-refractivity contribution in [3.63, 3.8) is 0 Å². The molecule has 1 aliphatic rings. The molecule has 0 radical (unpaired) electrons. The van der Waals surface area contributed by atoms with Gasteiger partial charge in [-0.15, -0.1) is 34.4 Å². The number of benzene rings is 1. The number of nitrogens with zero attached hydrogens (tertiary/aromatic N) is 4. The van der Waals surface area contributed by atoms with Crippen molar-refractivity contribution in [2.75, 3.05) is 17.6 Å². The van der Waals surface area contributed by atoms with Crippen molar-refractivity contribution in [2.45, 2.75) is 11.9 Å². The molecule has 0 saturated heterocycles. The Morgan fingerprint density at radius 3 is 2.73 bits per heavy atom. The van der Waals surface area contributed by atoms with Crippen LogP contribution in [-0.2, 0) is 0 Å². The molecule has 0 unspecified atom stereocenters. The number of hydrogen-bond acceptors (Lipinski definition) is 9. The number of carbonyl (C=O) groups excluding carboxylic acids is 1. The summed E-state index contributed by atoms with van der Waals surface area (Å²) in [5.74, 6) is -0.293. The van der Waals surface area contributed by atoms with Crippen LogP contribution in [0, 0.1) is 0 Å². The Morgan fingerprint density at radius 2 is 1.97 bits per heavy atom. The number of urea groups is 1. The van der Waals surface area contributed by atoms with Crippen molar-refractivity contribution in [3.05, 3.63) is 45.9 Å². The van der Waals surface area contributed by atoms with Crippen molar-refractivity contribution in [3.8, 4) is 10.7 Å². The van der Waals surface area contributed by atoms with E-state index in [0.29, 0.717) is 33.0 Å². The molecule has 5 rings (SSSR count). The Labute approximate surface area is 200 Å². The zero-order valence-electron chi connectivity index (χ0n) is 17.2. The molecule has 1 aromatic carbocycles. The van der Waals surface area contributed by atoms with E-state index in [9.17, 15) is 14.7 Å². The Kier molecular flexibility index (Phi) is 5.79. The number of aromatic nitrogens is 4. The second-order valence-corrected chi connectivity index (χ2v) is 9.74. The number of thioether (sulfide) groups is 1. The average Bonchev–Trinajstić information content (AvgIpc) is 3.46. The van der Waals surface area contributed by atoms with Crippen LogP contribution in [-0.4, -0.2) is 49.3 Å². The first-order chi connectivity index (χ1) is 16.0. The first kappa shape index (κ1) is 21.5. The number of aromatic carboxylic acids is 1. The topological polar surface area (TPSA) is 130 Å². The number of carboxylic acid groups (broad SMARTS) is 1. The number of thiazole rings is 2. The van der Waals surface area contributed by atoms with Crippen LogP contribution < -0.4 is 10.6 Å². The average molecular weight is 497 g/mol. The van der Waals surface area contributed by atoms with Crippen LogP contribution in [0.25, 0.3) is 32.6 Å². The van der Waals surface area contributed by atoms with Crippen LogP contribution in [0.3, 0.4) is 0 Å². The lowest BCUT2D eigenvalue weighted by Crippen LogP contribution is -2.29. The number of carboxylic acids is 1. The Bertz CT molecular complexity index is 1390. The molecule has 1 aliphatic heterocycles. The van der Waals surface area contributed by atoms with E-state index in [1.165, 1.54) is 39.8 Å². The highest BCUT2D eigenvalue weighted by molar-refractivity contribution is 7.99. The molecule has 12 heteroatoms. The van der Waals surface area contributed by atoms with Crippen LogP contribution in [0.4, 0.5) is 10.7 Å². The third-order valence-corrected chi connectivity index (χ3v) is 7.65. The van der Waals surface area contributed by atoms with Gasteiger partial charge in [0.15, 0.2) is 5.69 Å². The van der Waals surface area contributed by atoms with E-state index in [-0.39, 0.29) is 17.7 Å². The molecule has 33 heavy (non-hydrogen) atoms. The standard InChI is InChI=1S/C21H16N6O3S3/c1-2-22-21(30)27-20-25-15(18-23-12-5-3-4-6-14(12)33-18)11-7-10(8-31-17(11)26-20)16-24-13(9-32-16)19(28)29/h3-7,9H,2,8H2,1H3,(H,28,29)(H2,22,25,26,27,30). The number of hydrogen-bond donors (Lipinski definition) is 3. The maximum Gasteiger partial charge on any atom is 0.355 e. The minimum atomic E-state index is -1.05. The third kappa shape index (κ3) is 4.32. The predicted octanol–water partition coefficient (Wildman–Crippen LogP) is 4.70. The Hall–Kier alpha value is -3.35. The van der Waals surface area contributed by atoms with E-state index in [1.807, 2.05) is 37.3 Å². The summed E-state index contributed by atoms with van der Waals surface area (Å²) in [7, 11) is 0. The van der Waals surface area contributed by atoms with Crippen molar-refractivity contribution in [1.29, 1.82) is 0 Å². The number of rotatable bonds is 5. The molecular formula is C21H16N6O3S3. The summed E-state index contributed by atoms with van der Waals surface area (Å²) in [6.07, 6.45) is 1.94. The summed E-state index contributed by atoms with van der Waals surface area (Å²) in [4.78, 5) is 41.5. The molecule has 0 saturated carbocycles. The maximum atomic E-state index is 12.1. The van der Waals surface area contributed by atoms with Crippen molar-refractivity contribution in [1.82, 2.24) is 25.3 Å². The highest BCUT2D eigenvalue weighted by Crippen LogP contribution is 2.41. The Morgan fingerprint density at radius 1 is 1.12 bits per heavy atom. The minimum absolute atomic E-state index is 0.0239. The molecule has 0 bridgehead atoms. The molecule has 9 nitrogen and oxygen atoms in total. The number of para-hydroxylation sites is 1. The monoisotopic (exact) mass is 496 g/mol. The lowest BCUT2D eigenvalue weighted by atomic mass is 10.1. The molecule has 0 spiro atoms. The summed E-state index contributed by atoms with van der Waals surface area (Å²) in [5, 5.41) is 18.2. The highest BCUT2D eigenvalue weighted by Gasteiger charge is 2.24. The van der Waals surface area contributed by atoms with E-state index in [0.717, 1.165) is 21.4 Å². The first-order valence-corrected chi connectivity index (χ1v) is 12.6. The number of carbonyl (C=O) groups is 2. The summed E-state index contributed by atoms with van der Waals surface area (Å²) in [6, 6.07) is 7.44. The van der Waals surface area contributed by atoms with E-state index in [2.05, 4.69) is 25.6 Å². The first-order valence-electron chi connectivity index (χ1n) is 9.87. The van der Waals surface area contributed by atoms with E-state index in [1.54, 1.807) is 0 Å². The van der Waals surface area contributed by atoms with E-state index < -0.39 is 5.97 Å². The predicted molar refractivity (Wildman–Crippen MR) is 131 cm³/mol. The summed E-state index contributed by atoms with van der Waals surface area (Å²) >= 11 is 4.28. The van der Waals surface area contributed by atoms with Gasteiger partial charge in [0.05, 0.1) is 10.2 Å². The number of fused-ring (bicyclic) bond motifs is 2. The molecule has 2 amide bonds. The molecule has 0 aliphatic carbocycles.